The molecule has 0 unspecified atom stereocenters. The van der Waals surface area contributed by atoms with Gasteiger partial charge in [0.05, 0.1) is 5.82 Å². The Kier molecular flexibility index (Phi) is 10.2. The maximum absolute atomic E-state index is 4.46. The van der Waals surface area contributed by atoms with Gasteiger partial charge in [0, 0.05) is 38.7 Å². The Labute approximate surface area is 250 Å². The predicted octanol–water partition coefficient (Wildman–Crippen LogP) is 8.95. The summed E-state index contributed by atoms with van der Waals surface area (Å²) in [7, 11) is 0. The molecule has 1 radical (unpaired) electrons. The summed E-state index contributed by atoms with van der Waals surface area (Å²) in [5, 5.41) is 0. The Bertz CT molecular complexity index is 1550. The van der Waals surface area contributed by atoms with Crippen LogP contribution in [0.25, 0.3) is 44.9 Å². The third kappa shape index (κ3) is 7.44. The summed E-state index contributed by atoms with van der Waals surface area (Å²) < 4.78 is 0. The van der Waals surface area contributed by atoms with Gasteiger partial charge in [0.15, 0.2) is 0 Å². The van der Waals surface area contributed by atoms with Gasteiger partial charge in [0.1, 0.15) is 0 Å². The zero-order chi connectivity index (χ0) is 26.9. The van der Waals surface area contributed by atoms with Gasteiger partial charge in [-0.15, -0.1) is 71.3 Å². The Balaban J connectivity index is 0.000000182. The molecule has 0 spiro atoms. The van der Waals surface area contributed by atoms with Crippen LogP contribution < -0.4 is 0 Å². The van der Waals surface area contributed by atoms with Crippen molar-refractivity contribution in [1.29, 1.82) is 0 Å². The number of rotatable bonds is 5. The smallest absolute Gasteiger partial charge is 0.0748 e. The predicted molar refractivity (Wildman–Crippen MR) is 160 cm³/mol. The fourth-order valence-corrected chi connectivity index (χ4v) is 4.12. The molecular formula is C36H29IrN3-2. The molecule has 0 N–H and O–H groups in total. The minimum absolute atomic E-state index is 0. The van der Waals surface area contributed by atoms with Crippen LogP contribution in [-0.2, 0) is 20.1 Å². The van der Waals surface area contributed by atoms with Gasteiger partial charge >= 0.3 is 0 Å². The Morgan fingerprint density at radius 3 is 1.75 bits per heavy atom. The second-order valence-electron chi connectivity index (χ2n) is 9.42. The van der Waals surface area contributed by atoms with Gasteiger partial charge in [-0.3, -0.25) is 9.97 Å². The van der Waals surface area contributed by atoms with Crippen molar-refractivity contribution in [3.8, 4) is 44.9 Å². The molecule has 0 amide bonds. The van der Waals surface area contributed by atoms with Crippen molar-refractivity contribution in [1.82, 2.24) is 15.0 Å². The summed E-state index contributed by atoms with van der Waals surface area (Å²) >= 11 is 0. The van der Waals surface area contributed by atoms with Crippen molar-refractivity contribution in [2.24, 2.45) is 0 Å². The second kappa shape index (κ2) is 14.2. The van der Waals surface area contributed by atoms with Crippen LogP contribution in [0.4, 0.5) is 0 Å². The molecule has 6 aromatic rings. The van der Waals surface area contributed by atoms with Crippen LogP contribution in [0.5, 0.6) is 0 Å². The molecule has 2 heterocycles. The van der Waals surface area contributed by atoms with Gasteiger partial charge in [0.25, 0.3) is 0 Å². The molecule has 0 aliphatic carbocycles. The summed E-state index contributed by atoms with van der Waals surface area (Å²) in [6, 6.07) is 45.1. The summed E-state index contributed by atoms with van der Waals surface area (Å²) in [5.41, 5.74) is 8.78. The zero-order valence-electron chi connectivity index (χ0n) is 22.5. The molecule has 6 rings (SSSR count). The van der Waals surface area contributed by atoms with Crippen LogP contribution in [0.1, 0.15) is 25.3 Å². The number of pyridine rings is 1. The standard InChI is InChI=1S/C19H17N2.C17H12N.Ir/c1-14(2)18-12-20-19(21-13-18)17-10-6-9-16(11-17)15-7-4-3-5-8-15;1-3-7-14(8-4-1)16-11-12-18-17(13-16)15-9-5-2-6-10-15;/h3-9,11-14H,1-2H3;1-9,11-13H;/q2*-1;. The summed E-state index contributed by atoms with van der Waals surface area (Å²) in [6.07, 6.45) is 5.64. The molecule has 0 atom stereocenters. The number of nitrogens with zero attached hydrogens (tertiary/aromatic N) is 3. The van der Waals surface area contributed by atoms with Gasteiger partial charge in [-0.1, -0.05) is 80.6 Å². The molecule has 0 aliphatic heterocycles. The molecule has 4 aromatic carbocycles. The average molecular weight is 696 g/mol. The molecule has 4 heteroatoms. The van der Waals surface area contributed by atoms with E-state index in [4.69, 9.17) is 0 Å². The Hall–Kier alpha value is -4.24. The van der Waals surface area contributed by atoms with Gasteiger partial charge in [-0.05, 0) is 39.9 Å². The zero-order valence-corrected chi connectivity index (χ0v) is 24.8. The van der Waals surface area contributed by atoms with Crippen molar-refractivity contribution in [3.63, 3.8) is 0 Å². The maximum Gasteiger partial charge on any atom is 0.0748 e. The molecule has 0 aliphatic rings. The largest absolute Gasteiger partial charge is 0.305 e. The number of hydrogen-bond acceptors (Lipinski definition) is 3. The van der Waals surface area contributed by atoms with Crippen LogP contribution in [0, 0.1) is 12.1 Å². The minimum atomic E-state index is 0. The first-order valence-electron chi connectivity index (χ1n) is 13.1. The van der Waals surface area contributed by atoms with E-state index in [9.17, 15) is 0 Å². The SMILES string of the molecule is CC(C)c1cnc(-c2[c-]ccc(-c3ccccc3)c2)nc1.[Ir].[c-]1ccccc1-c1cc(-c2ccccc2)ccn1. The number of hydrogen-bond donors (Lipinski definition) is 0. The molecule has 0 saturated heterocycles. The van der Waals surface area contributed by atoms with Gasteiger partial charge in [0.2, 0.25) is 0 Å². The van der Waals surface area contributed by atoms with Crippen LogP contribution in [-0.4, -0.2) is 15.0 Å². The topological polar surface area (TPSA) is 38.7 Å². The third-order valence-electron chi connectivity index (χ3n) is 6.34. The maximum atomic E-state index is 4.46. The van der Waals surface area contributed by atoms with E-state index in [0.717, 1.165) is 33.8 Å². The van der Waals surface area contributed by atoms with Crippen LogP contribution in [0.3, 0.4) is 0 Å². The first-order chi connectivity index (χ1) is 19.2. The molecule has 0 fully saturated rings. The van der Waals surface area contributed by atoms with Crippen molar-refractivity contribution in [3.05, 3.63) is 152 Å². The second-order valence-corrected chi connectivity index (χ2v) is 9.42. The summed E-state index contributed by atoms with van der Waals surface area (Å²) in [6.45, 7) is 4.28. The fraction of sp³-hybridized carbons (Fsp3) is 0.0833. The Morgan fingerprint density at radius 1 is 0.550 bits per heavy atom. The van der Waals surface area contributed by atoms with E-state index in [2.05, 4.69) is 83.4 Å². The van der Waals surface area contributed by atoms with Crippen LogP contribution in [0.2, 0.25) is 0 Å². The average Bonchev–Trinajstić information content (AvgIpc) is 3.03. The monoisotopic (exact) mass is 696 g/mol. The van der Waals surface area contributed by atoms with Crippen molar-refractivity contribution < 1.29 is 20.1 Å². The van der Waals surface area contributed by atoms with Crippen molar-refractivity contribution >= 4 is 0 Å². The first kappa shape index (κ1) is 28.8. The fourth-order valence-electron chi connectivity index (χ4n) is 4.12. The van der Waals surface area contributed by atoms with E-state index >= 15 is 0 Å². The van der Waals surface area contributed by atoms with E-state index in [1.807, 2.05) is 91.4 Å². The van der Waals surface area contributed by atoms with Gasteiger partial charge in [-0.2, -0.15) is 0 Å². The van der Waals surface area contributed by atoms with E-state index in [-0.39, 0.29) is 20.1 Å². The van der Waals surface area contributed by atoms with E-state index in [1.54, 1.807) is 0 Å². The van der Waals surface area contributed by atoms with E-state index in [1.165, 1.54) is 16.7 Å². The van der Waals surface area contributed by atoms with Crippen molar-refractivity contribution in [2.45, 2.75) is 19.8 Å². The molecule has 0 saturated carbocycles. The Morgan fingerprint density at radius 2 is 1.15 bits per heavy atom. The normalized spacial score (nSPS) is 10.3. The summed E-state index contributed by atoms with van der Waals surface area (Å²) in [5.74, 6) is 1.16. The molecule has 0 bridgehead atoms. The molecule has 2 aromatic heterocycles. The van der Waals surface area contributed by atoms with Gasteiger partial charge in [-0.25, -0.2) is 0 Å². The van der Waals surface area contributed by atoms with E-state index < -0.39 is 0 Å². The molecule has 199 valence electrons. The van der Waals surface area contributed by atoms with Crippen molar-refractivity contribution in [2.75, 3.05) is 0 Å². The van der Waals surface area contributed by atoms with Crippen LogP contribution in [0.15, 0.2) is 134 Å². The van der Waals surface area contributed by atoms with Crippen LogP contribution >= 0.6 is 0 Å². The first-order valence-corrected chi connectivity index (χ1v) is 13.1. The van der Waals surface area contributed by atoms with E-state index in [0.29, 0.717) is 5.92 Å². The quantitative estimate of drug-likeness (QED) is 0.169. The number of benzene rings is 4. The molecule has 3 nitrogen and oxygen atoms in total. The third-order valence-corrected chi connectivity index (χ3v) is 6.34. The number of aromatic nitrogens is 3. The van der Waals surface area contributed by atoms with Gasteiger partial charge < -0.3 is 4.98 Å². The minimum Gasteiger partial charge on any atom is -0.305 e. The molecular weight excluding hydrogens is 667 g/mol. The molecule has 40 heavy (non-hydrogen) atoms. The summed E-state index contributed by atoms with van der Waals surface area (Å²) in [4.78, 5) is 13.3.